The molecule has 0 N–H and O–H groups in total. The largest absolute Gasteiger partial charge is 0.364 e. The van der Waals surface area contributed by atoms with E-state index in [0.717, 1.165) is 36.3 Å². The highest BCUT2D eigenvalue weighted by atomic mass is 35.5. The molecule has 1 aromatic rings. The molecule has 1 aliphatic heterocycles. The van der Waals surface area contributed by atoms with Crippen LogP contribution in [0.25, 0.3) is 0 Å². The lowest BCUT2D eigenvalue weighted by Crippen LogP contribution is -2.46. The molecular weight excluding hydrogens is 340 g/mol. The molecule has 0 saturated carbocycles. The van der Waals surface area contributed by atoms with Gasteiger partial charge in [-0.25, -0.2) is 0 Å². The number of aliphatic imine (C=N–C) groups is 1. The van der Waals surface area contributed by atoms with Crippen LogP contribution < -0.4 is 0 Å². The van der Waals surface area contributed by atoms with Crippen molar-refractivity contribution in [1.29, 1.82) is 0 Å². The van der Waals surface area contributed by atoms with Crippen LogP contribution >= 0.6 is 11.6 Å². The molecule has 0 aromatic heterocycles. The topological polar surface area (TPSA) is 15.6 Å². The third-order valence-corrected chi connectivity index (χ3v) is 6.37. The van der Waals surface area contributed by atoms with E-state index in [0.29, 0.717) is 12.1 Å². The summed E-state index contributed by atoms with van der Waals surface area (Å²) in [6.45, 7) is 9.04. The van der Waals surface area contributed by atoms with Gasteiger partial charge in [-0.1, -0.05) is 39.3 Å². The molecule has 0 fully saturated rings. The van der Waals surface area contributed by atoms with E-state index in [1.165, 1.54) is 48.2 Å². The van der Waals surface area contributed by atoms with E-state index in [-0.39, 0.29) is 0 Å². The van der Waals surface area contributed by atoms with E-state index < -0.39 is 0 Å². The van der Waals surface area contributed by atoms with Gasteiger partial charge in [0.15, 0.2) is 0 Å². The molecule has 0 radical (unpaired) electrons. The summed E-state index contributed by atoms with van der Waals surface area (Å²) in [5, 5.41) is 0.879. The Kier molecular flexibility index (Phi) is 6.45. The average Bonchev–Trinajstić information content (AvgIpc) is 2.67. The lowest BCUT2D eigenvalue weighted by Gasteiger charge is -2.40. The summed E-state index contributed by atoms with van der Waals surface area (Å²) < 4.78 is 0. The van der Waals surface area contributed by atoms with Gasteiger partial charge in [0.1, 0.15) is 0 Å². The first-order valence-corrected chi connectivity index (χ1v) is 10.9. The fourth-order valence-corrected chi connectivity index (χ4v) is 4.78. The van der Waals surface area contributed by atoms with Crippen molar-refractivity contribution in [3.05, 3.63) is 45.7 Å². The smallest absolute Gasteiger partial charge is 0.0719 e. The van der Waals surface area contributed by atoms with Crippen molar-refractivity contribution in [2.45, 2.75) is 91.1 Å². The van der Waals surface area contributed by atoms with E-state index >= 15 is 0 Å². The fraction of sp³-hybridized carbons (Fsp3) is 0.609. The number of hydrogen-bond acceptors (Lipinski definition) is 2. The van der Waals surface area contributed by atoms with E-state index in [1.54, 1.807) is 0 Å². The highest BCUT2D eigenvalue weighted by molar-refractivity contribution is 6.34. The van der Waals surface area contributed by atoms with Crippen molar-refractivity contribution < 1.29 is 0 Å². The van der Waals surface area contributed by atoms with E-state index in [2.05, 4.69) is 50.9 Å². The fourth-order valence-electron chi connectivity index (χ4n) is 4.50. The van der Waals surface area contributed by atoms with Gasteiger partial charge in [-0.3, -0.25) is 4.99 Å². The molecule has 0 saturated heterocycles. The predicted octanol–water partition coefficient (Wildman–Crippen LogP) is 6.54. The molecule has 0 bridgehead atoms. The lowest BCUT2D eigenvalue weighted by molar-refractivity contribution is 0.223. The molecule has 26 heavy (non-hydrogen) atoms. The van der Waals surface area contributed by atoms with Crippen LogP contribution in [0.3, 0.4) is 0 Å². The van der Waals surface area contributed by atoms with Crippen LogP contribution in [0.5, 0.6) is 0 Å². The minimum Gasteiger partial charge on any atom is -0.364 e. The van der Waals surface area contributed by atoms with Gasteiger partial charge in [0.05, 0.1) is 17.5 Å². The summed E-state index contributed by atoms with van der Waals surface area (Å²) in [6, 6.07) is 5.44. The first-order valence-electron chi connectivity index (χ1n) is 10.5. The van der Waals surface area contributed by atoms with Crippen molar-refractivity contribution in [3.8, 4) is 0 Å². The van der Waals surface area contributed by atoms with E-state index in [9.17, 15) is 0 Å². The number of rotatable bonds is 6. The summed E-state index contributed by atoms with van der Waals surface area (Å²) in [5.41, 5.74) is 6.43. The van der Waals surface area contributed by atoms with Gasteiger partial charge in [0.2, 0.25) is 0 Å². The van der Waals surface area contributed by atoms with Crippen molar-refractivity contribution in [2.24, 2.45) is 4.99 Å². The predicted molar refractivity (Wildman–Crippen MR) is 113 cm³/mol. The molecule has 2 aliphatic rings. The Morgan fingerprint density at radius 2 is 1.73 bits per heavy atom. The molecule has 1 aliphatic carbocycles. The molecule has 1 heterocycles. The summed E-state index contributed by atoms with van der Waals surface area (Å²) >= 11 is 6.78. The van der Waals surface area contributed by atoms with Crippen LogP contribution in [0, 0.1) is 0 Å². The molecule has 142 valence electrons. The summed E-state index contributed by atoms with van der Waals surface area (Å²) in [7, 11) is 0. The number of nitrogens with zero attached hydrogens (tertiary/aromatic N) is 2. The molecule has 1 atom stereocenters. The maximum absolute atomic E-state index is 6.78. The van der Waals surface area contributed by atoms with Gasteiger partial charge in [0.25, 0.3) is 0 Å². The number of halogens is 1. The van der Waals surface area contributed by atoms with Gasteiger partial charge in [-0.05, 0) is 74.6 Å². The monoisotopic (exact) mass is 372 g/mol. The summed E-state index contributed by atoms with van der Waals surface area (Å²) in [5.74, 6) is 0. The van der Waals surface area contributed by atoms with Crippen LogP contribution in [-0.2, 0) is 12.8 Å². The van der Waals surface area contributed by atoms with Crippen LogP contribution in [0.1, 0.15) is 82.9 Å². The van der Waals surface area contributed by atoms with Crippen molar-refractivity contribution in [1.82, 2.24) is 4.90 Å². The minimum absolute atomic E-state index is 0.314. The van der Waals surface area contributed by atoms with Crippen molar-refractivity contribution >= 4 is 17.3 Å². The standard InChI is InChI=1S/C23H33ClN2/c1-5-18-15-26(19(6-2)7-3)22(8-4)23(25-18)20-13-16-11-9-10-12-17(16)14-21(20)24/h13-15,19,22H,5-12H2,1-4H3. The lowest BCUT2D eigenvalue weighted by atomic mass is 9.87. The second-order valence-corrected chi connectivity index (χ2v) is 8.03. The van der Waals surface area contributed by atoms with Gasteiger partial charge in [-0.15, -0.1) is 0 Å². The molecule has 3 heteroatoms. The van der Waals surface area contributed by atoms with Gasteiger partial charge in [0, 0.05) is 22.8 Å². The van der Waals surface area contributed by atoms with Crippen molar-refractivity contribution in [3.63, 3.8) is 0 Å². The maximum Gasteiger partial charge on any atom is 0.0719 e. The van der Waals surface area contributed by atoms with Crippen molar-refractivity contribution in [2.75, 3.05) is 0 Å². The Balaban J connectivity index is 2.07. The zero-order chi connectivity index (χ0) is 18.7. The first kappa shape index (κ1) is 19.5. The number of aryl methyl sites for hydroxylation is 2. The van der Waals surface area contributed by atoms with Gasteiger partial charge >= 0.3 is 0 Å². The average molecular weight is 373 g/mol. The Morgan fingerprint density at radius 1 is 1.08 bits per heavy atom. The molecule has 0 amide bonds. The quantitative estimate of drug-likeness (QED) is 0.553. The van der Waals surface area contributed by atoms with Crippen LogP contribution in [0.15, 0.2) is 29.0 Å². The zero-order valence-electron chi connectivity index (χ0n) is 16.8. The van der Waals surface area contributed by atoms with Crippen LogP contribution in [0.2, 0.25) is 5.02 Å². The molecular formula is C23H33ClN2. The first-order chi connectivity index (χ1) is 12.6. The van der Waals surface area contributed by atoms with Crippen LogP contribution in [-0.4, -0.2) is 22.7 Å². The Labute approximate surface area is 164 Å². The number of benzene rings is 1. The molecule has 2 nitrogen and oxygen atoms in total. The third-order valence-electron chi connectivity index (χ3n) is 6.06. The molecule has 1 unspecified atom stereocenters. The molecule has 3 rings (SSSR count). The molecule has 0 spiro atoms. The van der Waals surface area contributed by atoms with Gasteiger partial charge < -0.3 is 4.90 Å². The highest BCUT2D eigenvalue weighted by Gasteiger charge is 2.31. The summed E-state index contributed by atoms with van der Waals surface area (Å²) in [4.78, 5) is 7.65. The van der Waals surface area contributed by atoms with Crippen LogP contribution in [0.4, 0.5) is 0 Å². The Hall–Kier alpha value is -1.28. The number of allylic oxidation sites excluding steroid dienone is 1. The SMILES string of the molecule is CCC1=CN(C(CC)CC)C(CC)C(c2cc3c(cc2Cl)CCCC3)=N1. The zero-order valence-corrected chi connectivity index (χ0v) is 17.6. The van der Waals surface area contributed by atoms with E-state index in [1.807, 2.05) is 0 Å². The second kappa shape index (κ2) is 8.61. The normalized spacial score (nSPS) is 20.1. The second-order valence-electron chi connectivity index (χ2n) is 7.62. The summed E-state index contributed by atoms with van der Waals surface area (Å²) in [6.07, 6.45) is 11.5. The highest BCUT2D eigenvalue weighted by Crippen LogP contribution is 2.33. The van der Waals surface area contributed by atoms with E-state index in [4.69, 9.17) is 16.6 Å². The number of hydrogen-bond donors (Lipinski definition) is 0. The third kappa shape index (κ3) is 3.71. The molecule has 1 aromatic carbocycles. The Bertz CT molecular complexity index is 700. The minimum atomic E-state index is 0.314. The number of fused-ring (bicyclic) bond motifs is 1. The Morgan fingerprint density at radius 3 is 2.31 bits per heavy atom. The van der Waals surface area contributed by atoms with Gasteiger partial charge in [-0.2, -0.15) is 0 Å². The maximum atomic E-state index is 6.78.